The van der Waals surface area contributed by atoms with Crippen molar-refractivity contribution in [2.75, 3.05) is 34.3 Å². The van der Waals surface area contributed by atoms with Crippen LogP contribution in [0.4, 0.5) is 0 Å². The number of cyclic esters (lactones) is 2. The van der Waals surface area contributed by atoms with E-state index in [9.17, 15) is 53.4 Å². The van der Waals surface area contributed by atoms with Gasteiger partial charge in [-0.15, -0.1) is 0 Å². The van der Waals surface area contributed by atoms with Crippen molar-refractivity contribution in [2.45, 2.75) is 168 Å². The molecule has 11 atom stereocenters. The molecule has 70 heavy (non-hydrogen) atoms. The summed E-state index contributed by atoms with van der Waals surface area (Å²) < 4.78 is 17.0. The molecular weight excluding hydrogens is 909 g/mol. The Hall–Kier alpha value is -5.63. The lowest BCUT2D eigenvalue weighted by Crippen LogP contribution is -2.59. The van der Waals surface area contributed by atoms with E-state index in [1.165, 1.54) is 56.7 Å². The van der Waals surface area contributed by atoms with Gasteiger partial charge in [0, 0.05) is 40.0 Å². The Morgan fingerprint density at radius 2 is 1.59 bits per heavy atom. The lowest BCUT2D eigenvalue weighted by atomic mass is 9.91. The molecule has 2 aliphatic rings. The Balaban J connectivity index is 2.19. The molecule has 20 heteroatoms. The number of aliphatic hydroxyl groups is 2. The lowest BCUT2D eigenvalue weighted by Gasteiger charge is -2.35. The fourth-order valence-electron chi connectivity index (χ4n) is 8.62. The molecule has 6 amide bonds. The van der Waals surface area contributed by atoms with Crippen LogP contribution in [-0.4, -0.2) is 167 Å². The second-order valence-electron chi connectivity index (χ2n) is 19.6. The molecule has 0 bridgehead atoms. The van der Waals surface area contributed by atoms with Crippen LogP contribution in [0.2, 0.25) is 0 Å². The molecule has 2 saturated heterocycles. The van der Waals surface area contributed by atoms with Gasteiger partial charge in [0.2, 0.25) is 29.5 Å². The van der Waals surface area contributed by atoms with E-state index in [0.29, 0.717) is 24.2 Å². The summed E-state index contributed by atoms with van der Waals surface area (Å²) in [7, 11) is 4.37. The first-order valence-corrected chi connectivity index (χ1v) is 24.5. The number of nitrogens with one attached hydrogen (secondary N) is 3. The van der Waals surface area contributed by atoms with Crippen molar-refractivity contribution in [3.05, 3.63) is 29.8 Å². The topological polar surface area (TPSA) is 268 Å². The minimum Gasteiger partial charge on any atom is -0.497 e. The predicted molar refractivity (Wildman–Crippen MR) is 256 cm³/mol. The number of esters is 2. The molecule has 2 aliphatic heterocycles. The van der Waals surface area contributed by atoms with Crippen LogP contribution in [0.5, 0.6) is 5.75 Å². The maximum atomic E-state index is 14.7. The summed E-state index contributed by atoms with van der Waals surface area (Å²) in [5.41, 5.74) is 0.598. The second-order valence-corrected chi connectivity index (χ2v) is 19.6. The zero-order valence-electron chi connectivity index (χ0n) is 43.0. The van der Waals surface area contributed by atoms with Gasteiger partial charge in [-0.2, -0.15) is 0 Å². The number of ether oxygens (including phenoxy) is 3. The number of Topliss-reactive ketones (excluding diaryl/α,β-unsaturated/α-hetero) is 1. The molecular formula is C50H78N6O14. The van der Waals surface area contributed by atoms with Crippen LogP contribution >= 0.6 is 0 Å². The van der Waals surface area contributed by atoms with Crippen LogP contribution in [0.25, 0.3) is 0 Å². The van der Waals surface area contributed by atoms with Gasteiger partial charge in [0.25, 0.3) is 5.91 Å². The van der Waals surface area contributed by atoms with E-state index in [0.717, 1.165) is 0 Å². The first-order valence-electron chi connectivity index (χ1n) is 24.5. The highest BCUT2D eigenvalue weighted by atomic mass is 16.6. The van der Waals surface area contributed by atoms with Crippen molar-refractivity contribution in [3.63, 3.8) is 0 Å². The fraction of sp³-hybridized carbons (Fsp3) is 0.700. The summed E-state index contributed by atoms with van der Waals surface area (Å²) in [6.45, 7) is 14.7. The van der Waals surface area contributed by atoms with Crippen molar-refractivity contribution in [1.29, 1.82) is 0 Å². The first kappa shape index (κ1) is 58.7. The van der Waals surface area contributed by atoms with E-state index >= 15 is 0 Å². The average Bonchev–Trinajstić information content (AvgIpc) is 3.81. The van der Waals surface area contributed by atoms with Crippen molar-refractivity contribution >= 4 is 53.2 Å². The normalized spacial score (nSPS) is 27.0. The Morgan fingerprint density at radius 3 is 2.16 bits per heavy atom. The summed E-state index contributed by atoms with van der Waals surface area (Å²) in [5, 5.41) is 29.4. The first-order chi connectivity index (χ1) is 32.8. The minimum absolute atomic E-state index is 0.0851. The SMILES string of the molecule is CC[C@H](C)[C@H]1NC(=O)[C@@H](NC(=O)CCCN(C)C(=O)[C@H](C)O)[C@@H](C)OC(=O)[C@H](Cc2ccc(OC)cc2)N(C)C(=O)[C@@H]2CCCN2C(=O)[C@H](CC(C)C)NC(=O)[C@@H](C)C(=O)[C@H](C(C)C)OC(=O)C[C@@H]1O. The van der Waals surface area contributed by atoms with Crippen molar-refractivity contribution in [3.8, 4) is 5.75 Å². The maximum absolute atomic E-state index is 14.7. The van der Waals surface area contributed by atoms with Crippen LogP contribution in [0.15, 0.2) is 24.3 Å². The number of methoxy groups -OCH3 is 1. The fourth-order valence-corrected chi connectivity index (χ4v) is 8.62. The molecule has 1 aromatic rings. The van der Waals surface area contributed by atoms with Gasteiger partial charge in [0.05, 0.1) is 31.6 Å². The Morgan fingerprint density at radius 1 is 0.943 bits per heavy atom. The standard InChI is InChI=1S/C50H78N6O14/c1-13-29(6)41-38(58)26-40(60)70-44(28(4)5)43(61)30(7)45(62)51-35(24-27(2)3)48(65)56-23-14-16-36(56)49(66)55(11)37(25-33-18-20-34(68-12)21-19-33)50(67)69-32(9)42(46(63)53-41)52-39(59)17-15-22-54(10)47(64)31(8)57/h18-21,27-32,35-38,41-42,44,57-58H,13-17,22-26H2,1-12H3,(H,51,62)(H,52,59)(H,53,63)/t29-,30-,31-,32+,35-,36-,37-,38-,41+,42-,44-/m0/s1. The summed E-state index contributed by atoms with van der Waals surface area (Å²) in [6, 6.07) is 0.440. The highest BCUT2D eigenvalue weighted by Crippen LogP contribution is 2.26. The number of likely N-dealkylation sites (N-methyl/N-ethyl adjacent to an activating group) is 2. The monoisotopic (exact) mass is 987 g/mol. The van der Waals surface area contributed by atoms with E-state index in [2.05, 4.69) is 16.0 Å². The largest absolute Gasteiger partial charge is 0.497 e. The third-order valence-electron chi connectivity index (χ3n) is 13.1. The average molecular weight is 987 g/mol. The van der Waals surface area contributed by atoms with E-state index in [1.807, 2.05) is 13.8 Å². The van der Waals surface area contributed by atoms with Gasteiger partial charge < -0.3 is 55.1 Å². The van der Waals surface area contributed by atoms with Crippen LogP contribution in [-0.2, 0) is 59.0 Å². The summed E-state index contributed by atoms with van der Waals surface area (Å²) in [4.78, 5) is 129. The number of rotatable bonds is 14. The number of carbonyl (C=O) groups excluding carboxylic acids is 9. The van der Waals surface area contributed by atoms with E-state index < -0.39 is 132 Å². The molecule has 2 fully saturated rings. The summed E-state index contributed by atoms with van der Waals surface area (Å²) in [6.07, 6.45) is -5.37. The van der Waals surface area contributed by atoms with Gasteiger partial charge in [0.1, 0.15) is 42.1 Å². The molecule has 5 N–H and O–H groups in total. The minimum atomic E-state index is -1.61. The lowest BCUT2D eigenvalue weighted by molar-refractivity contribution is -0.163. The van der Waals surface area contributed by atoms with Gasteiger partial charge in [-0.25, -0.2) is 4.79 Å². The van der Waals surface area contributed by atoms with Crippen molar-refractivity contribution in [2.24, 2.45) is 23.7 Å². The van der Waals surface area contributed by atoms with E-state index in [1.54, 1.807) is 52.0 Å². The van der Waals surface area contributed by atoms with E-state index in [-0.39, 0.29) is 51.1 Å². The number of fused-ring (bicyclic) bond motifs is 1. The van der Waals surface area contributed by atoms with Gasteiger partial charge in [-0.3, -0.25) is 38.4 Å². The number of carbonyl (C=O) groups is 9. The van der Waals surface area contributed by atoms with Crippen molar-refractivity contribution < 1.29 is 67.6 Å². The van der Waals surface area contributed by atoms with Gasteiger partial charge >= 0.3 is 11.9 Å². The Labute approximate surface area is 412 Å². The molecule has 0 aliphatic carbocycles. The number of nitrogens with zero attached hydrogens (tertiary/aromatic N) is 3. The summed E-state index contributed by atoms with van der Waals surface area (Å²) >= 11 is 0. The predicted octanol–water partition coefficient (Wildman–Crippen LogP) is 1.69. The Bertz CT molecular complexity index is 1990. The molecule has 0 unspecified atom stereocenters. The molecule has 20 nitrogen and oxygen atoms in total. The van der Waals surface area contributed by atoms with Crippen molar-refractivity contribution in [1.82, 2.24) is 30.7 Å². The highest BCUT2D eigenvalue weighted by molar-refractivity contribution is 6.05. The van der Waals surface area contributed by atoms with Crippen LogP contribution in [0, 0.1) is 23.7 Å². The summed E-state index contributed by atoms with van der Waals surface area (Å²) in [5.74, 6) is -8.85. The van der Waals surface area contributed by atoms with Crippen LogP contribution in [0.1, 0.15) is 113 Å². The van der Waals surface area contributed by atoms with Crippen LogP contribution < -0.4 is 20.7 Å². The molecule has 392 valence electrons. The number of hydrogen-bond acceptors (Lipinski definition) is 14. The number of hydrogen-bond donors (Lipinski definition) is 5. The maximum Gasteiger partial charge on any atom is 0.329 e. The number of amides is 6. The number of ketones is 1. The third kappa shape index (κ3) is 16.2. The second kappa shape index (κ2) is 27.1. The molecule has 1 aromatic carbocycles. The van der Waals surface area contributed by atoms with Crippen LogP contribution in [0.3, 0.4) is 0 Å². The molecule has 0 radical (unpaired) electrons. The number of benzene rings is 1. The van der Waals surface area contributed by atoms with Gasteiger partial charge in [-0.05, 0) is 81.9 Å². The molecule has 3 rings (SSSR count). The third-order valence-corrected chi connectivity index (χ3v) is 13.1. The Kier molecular flexibility index (Phi) is 22.7. The molecule has 0 aromatic heterocycles. The molecule has 0 saturated carbocycles. The molecule has 2 heterocycles. The quantitative estimate of drug-likeness (QED) is 0.131. The zero-order chi connectivity index (χ0) is 52.7. The van der Waals surface area contributed by atoms with Gasteiger partial charge in [0.15, 0.2) is 11.9 Å². The van der Waals surface area contributed by atoms with E-state index in [4.69, 9.17) is 14.2 Å². The highest BCUT2D eigenvalue weighted by Gasteiger charge is 2.44. The number of aliphatic hydroxyl groups excluding tert-OH is 2. The molecule has 0 spiro atoms. The zero-order valence-corrected chi connectivity index (χ0v) is 43.0. The van der Waals surface area contributed by atoms with Gasteiger partial charge in [-0.1, -0.05) is 60.1 Å². The smallest absolute Gasteiger partial charge is 0.329 e.